The Labute approximate surface area is 134 Å². The van der Waals surface area contributed by atoms with E-state index in [1.165, 1.54) is 0 Å². The van der Waals surface area contributed by atoms with Crippen LogP contribution in [0.25, 0.3) is 0 Å². The highest BCUT2D eigenvalue weighted by molar-refractivity contribution is 7.85. The maximum absolute atomic E-state index is 12.4. The molecule has 1 aliphatic carbocycles. The van der Waals surface area contributed by atoms with Gasteiger partial charge in [0, 0.05) is 12.6 Å². The molecule has 0 aliphatic heterocycles. The first-order valence-corrected chi connectivity index (χ1v) is 9.63. The van der Waals surface area contributed by atoms with E-state index in [0.29, 0.717) is 5.92 Å². The summed E-state index contributed by atoms with van der Waals surface area (Å²) < 4.78 is 32.4. The summed E-state index contributed by atoms with van der Waals surface area (Å²) in [5.74, 6) is 0.670. The molecule has 7 heteroatoms. The average Bonchev–Trinajstić information content (AvgIpc) is 2.32. The second-order valence-corrected chi connectivity index (χ2v) is 8.76. The van der Waals surface area contributed by atoms with Gasteiger partial charge in [-0.3, -0.25) is 4.18 Å². The second kappa shape index (κ2) is 7.64. The molecule has 0 N–H and O–H groups in total. The van der Waals surface area contributed by atoms with E-state index in [0.717, 1.165) is 31.9 Å². The van der Waals surface area contributed by atoms with Crippen molar-refractivity contribution in [3.8, 4) is 0 Å². The van der Waals surface area contributed by atoms with Crippen LogP contribution in [0.4, 0.5) is 4.79 Å². The SMILES string of the molecule is CC1CCC(N(CCOS(C)(=O)=O)C(=O)OC(C)(C)C)CC1. The van der Waals surface area contributed by atoms with Gasteiger partial charge in [0.2, 0.25) is 0 Å². The van der Waals surface area contributed by atoms with E-state index < -0.39 is 21.8 Å². The quantitative estimate of drug-likeness (QED) is 0.722. The van der Waals surface area contributed by atoms with Crippen molar-refractivity contribution in [3.05, 3.63) is 0 Å². The molecule has 1 rings (SSSR count). The molecule has 0 saturated heterocycles. The number of ether oxygens (including phenoxy) is 1. The first-order chi connectivity index (χ1) is 9.98. The van der Waals surface area contributed by atoms with Crippen LogP contribution in [0.1, 0.15) is 53.4 Å². The van der Waals surface area contributed by atoms with Crippen molar-refractivity contribution in [1.82, 2.24) is 4.90 Å². The maximum atomic E-state index is 12.4. The summed E-state index contributed by atoms with van der Waals surface area (Å²) in [6.45, 7) is 7.85. The highest BCUT2D eigenvalue weighted by Crippen LogP contribution is 2.28. The van der Waals surface area contributed by atoms with E-state index in [-0.39, 0.29) is 19.2 Å². The Morgan fingerprint density at radius 1 is 1.18 bits per heavy atom. The Balaban J connectivity index is 2.69. The third-order valence-corrected chi connectivity index (χ3v) is 4.28. The first-order valence-electron chi connectivity index (χ1n) is 7.82. The molecule has 1 saturated carbocycles. The van der Waals surface area contributed by atoms with E-state index in [1.807, 2.05) is 20.8 Å². The molecule has 0 aromatic rings. The van der Waals surface area contributed by atoms with Gasteiger partial charge in [-0.15, -0.1) is 0 Å². The summed E-state index contributed by atoms with van der Waals surface area (Å²) in [6.07, 6.45) is 4.57. The smallest absolute Gasteiger partial charge is 0.410 e. The minimum absolute atomic E-state index is 0.0376. The lowest BCUT2D eigenvalue weighted by Crippen LogP contribution is -2.46. The zero-order valence-corrected chi connectivity index (χ0v) is 15.1. The Hall–Kier alpha value is -0.820. The van der Waals surface area contributed by atoms with Gasteiger partial charge in [-0.05, 0) is 52.4 Å². The van der Waals surface area contributed by atoms with Crippen molar-refractivity contribution in [2.45, 2.75) is 65.0 Å². The Kier molecular flexibility index (Phi) is 6.67. The van der Waals surface area contributed by atoms with Crippen molar-refractivity contribution >= 4 is 16.2 Å². The molecule has 0 unspecified atom stereocenters. The van der Waals surface area contributed by atoms with Gasteiger partial charge >= 0.3 is 6.09 Å². The second-order valence-electron chi connectivity index (χ2n) is 7.11. The van der Waals surface area contributed by atoms with Gasteiger partial charge in [0.1, 0.15) is 5.60 Å². The number of hydrogen-bond donors (Lipinski definition) is 0. The number of amides is 1. The zero-order chi connectivity index (χ0) is 17.0. The van der Waals surface area contributed by atoms with Crippen molar-refractivity contribution < 1.29 is 22.1 Å². The van der Waals surface area contributed by atoms with Gasteiger partial charge in [0.25, 0.3) is 10.1 Å². The van der Waals surface area contributed by atoms with Gasteiger partial charge in [-0.2, -0.15) is 8.42 Å². The Morgan fingerprint density at radius 3 is 2.18 bits per heavy atom. The predicted molar refractivity (Wildman–Crippen MR) is 85.2 cm³/mol. The number of rotatable bonds is 5. The summed E-state index contributed by atoms with van der Waals surface area (Å²) in [5, 5.41) is 0. The van der Waals surface area contributed by atoms with Gasteiger partial charge in [-0.1, -0.05) is 6.92 Å². The van der Waals surface area contributed by atoms with Gasteiger partial charge in [-0.25, -0.2) is 4.79 Å². The average molecular weight is 335 g/mol. The highest BCUT2D eigenvalue weighted by Gasteiger charge is 2.30. The number of nitrogens with zero attached hydrogens (tertiary/aromatic N) is 1. The van der Waals surface area contributed by atoms with Crippen molar-refractivity contribution in [1.29, 1.82) is 0 Å². The van der Waals surface area contributed by atoms with Crippen LogP contribution >= 0.6 is 0 Å². The summed E-state index contributed by atoms with van der Waals surface area (Å²) >= 11 is 0. The van der Waals surface area contributed by atoms with E-state index in [1.54, 1.807) is 4.90 Å². The minimum Gasteiger partial charge on any atom is -0.444 e. The fraction of sp³-hybridized carbons (Fsp3) is 0.933. The molecule has 1 amide bonds. The molecule has 0 heterocycles. The number of hydrogen-bond acceptors (Lipinski definition) is 5. The fourth-order valence-electron chi connectivity index (χ4n) is 2.58. The molecule has 1 aliphatic rings. The van der Waals surface area contributed by atoms with Gasteiger partial charge in [0.15, 0.2) is 0 Å². The molecule has 6 nitrogen and oxygen atoms in total. The molecule has 0 spiro atoms. The Bertz CT molecular complexity index is 461. The monoisotopic (exact) mass is 335 g/mol. The molecule has 0 radical (unpaired) electrons. The van der Waals surface area contributed by atoms with Crippen LogP contribution in [-0.4, -0.2) is 50.5 Å². The van der Waals surface area contributed by atoms with E-state index in [9.17, 15) is 13.2 Å². The first kappa shape index (κ1) is 19.2. The fourth-order valence-corrected chi connectivity index (χ4v) is 2.96. The molecule has 130 valence electrons. The van der Waals surface area contributed by atoms with Crippen molar-refractivity contribution in [2.24, 2.45) is 5.92 Å². The van der Waals surface area contributed by atoms with Crippen LogP contribution in [0.2, 0.25) is 0 Å². The lowest BCUT2D eigenvalue weighted by atomic mass is 9.87. The van der Waals surface area contributed by atoms with Gasteiger partial charge in [0.05, 0.1) is 12.9 Å². The van der Waals surface area contributed by atoms with Crippen LogP contribution in [0.5, 0.6) is 0 Å². The van der Waals surface area contributed by atoms with Crippen LogP contribution < -0.4 is 0 Å². The minimum atomic E-state index is -3.50. The largest absolute Gasteiger partial charge is 0.444 e. The predicted octanol–water partition coefficient (Wildman–Crippen LogP) is 2.78. The van der Waals surface area contributed by atoms with Crippen LogP contribution in [0, 0.1) is 5.92 Å². The van der Waals surface area contributed by atoms with Crippen LogP contribution in [-0.2, 0) is 19.0 Å². The number of carbonyl (C=O) groups excluding carboxylic acids is 1. The normalized spacial score (nSPS) is 23.1. The summed E-state index contributed by atoms with van der Waals surface area (Å²) in [4.78, 5) is 14.0. The number of carbonyl (C=O) groups is 1. The van der Waals surface area contributed by atoms with Crippen molar-refractivity contribution in [2.75, 3.05) is 19.4 Å². The topological polar surface area (TPSA) is 72.9 Å². The molecule has 0 bridgehead atoms. The molecule has 0 aromatic carbocycles. The Morgan fingerprint density at radius 2 is 1.73 bits per heavy atom. The highest BCUT2D eigenvalue weighted by atomic mass is 32.2. The van der Waals surface area contributed by atoms with E-state index in [2.05, 4.69) is 6.92 Å². The standard InChI is InChI=1S/C15H29NO5S/c1-12-6-8-13(9-7-12)16(10-11-20-22(5,18)19)14(17)21-15(2,3)4/h12-13H,6-11H2,1-5H3. The summed E-state index contributed by atoms with van der Waals surface area (Å²) in [7, 11) is -3.50. The summed E-state index contributed by atoms with van der Waals surface area (Å²) in [6, 6.07) is 0.0919. The molecule has 0 atom stereocenters. The lowest BCUT2D eigenvalue weighted by Gasteiger charge is -2.36. The molecule has 22 heavy (non-hydrogen) atoms. The van der Waals surface area contributed by atoms with E-state index in [4.69, 9.17) is 8.92 Å². The molecular formula is C15H29NO5S. The van der Waals surface area contributed by atoms with Crippen LogP contribution in [0.15, 0.2) is 0 Å². The van der Waals surface area contributed by atoms with E-state index >= 15 is 0 Å². The molecule has 0 aromatic heterocycles. The van der Waals surface area contributed by atoms with Crippen LogP contribution in [0.3, 0.4) is 0 Å². The lowest BCUT2D eigenvalue weighted by molar-refractivity contribution is 0.00774. The third kappa shape index (κ3) is 7.45. The van der Waals surface area contributed by atoms with Gasteiger partial charge < -0.3 is 9.64 Å². The summed E-state index contributed by atoms with van der Waals surface area (Å²) in [5.41, 5.74) is -0.574. The third-order valence-electron chi connectivity index (χ3n) is 3.68. The maximum Gasteiger partial charge on any atom is 0.410 e. The molecular weight excluding hydrogens is 306 g/mol. The van der Waals surface area contributed by atoms with Crippen molar-refractivity contribution in [3.63, 3.8) is 0 Å². The zero-order valence-electron chi connectivity index (χ0n) is 14.3. The molecule has 1 fully saturated rings.